The van der Waals surface area contributed by atoms with E-state index in [1.807, 2.05) is 85.6 Å². The highest BCUT2D eigenvalue weighted by Gasteiger charge is 2.40. The molecule has 3 aromatic rings. The summed E-state index contributed by atoms with van der Waals surface area (Å²) >= 11 is 6.03. The summed E-state index contributed by atoms with van der Waals surface area (Å²) in [6.45, 7) is 4.03. The van der Waals surface area contributed by atoms with E-state index in [1.165, 1.54) is 0 Å². The zero-order valence-electron chi connectivity index (χ0n) is 21.0. The van der Waals surface area contributed by atoms with Gasteiger partial charge in [-0.05, 0) is 61.7 Å². The fraction of sp³-hybridized carbons (Fsp3) is 0.333. The molecule has 1 fully saturated rings. The number of halogens is 1. The van der Waals surface area contributed by atoms with Gasteiger partial charge in [0.1, 0.15) is 5.75 Å². The van der Waals surface area contributed by atoms with E-state index in [4.69, 9.17) is 16.3 Å². The maximum Gasteiger partial charge on any atom is 0.253 e. The van der Waals surface area contributed by atoms with Crippen molar-refractivity contribution in [2.45, 2.75) is 32.7 Å². The Morgan fingerprint density at radius 3 is 2.39 bits per heavy atom. The zero-order valence-corrected chi connectivity index (χ0v) is 21.7. The Morgan fingerprint density at radius 1 is 1.00 bits per heavy atom. The van der Waals surface area contributed by atoms with E-state index in [0.717, 1.165) is 24.0 Å². The number of hydrogen-bond donors (Lipinski definition) is 0. The summed E-state index contributed by atoms with van der Waals surface area (Å²) < 4.78 is 6.18. The predicted molar refractivity (Wildman–Crippen MR) is 143 cm³/mol. The van der Waals surface area contributed by atoms with Gasteiger partial charge in [0.2, 0.25) is 5.91 Å². The van der Waals surface area contributed by atoms with E-state index in [0.29, 0.717) is 49.0 Å². The van der Waals surface area contributed by atoms with E-state index in [2.05, 4.69) is 0 Å². The molecule has 4 rings (SSSR count). The Labute approximate surface area is 218 Å². The smallest absolute Gasteiger partial charge is 0.253 e. The molecule has 0 spiro atoms. The first kappa shape index (κ1) is 25.8. The van der Waals surface area contributed by atoms with Crippen molar-refractivity contribution in [3.8, 4) is 5.75 Å². The van der Waals surface area contributed by atoms with Gasteiger partial charge in [-0.2, -0.15) is 0 Å². The number of ether oxygens (including phenoxy) is 1. The molecule has 0 aliphatic carbocycles. The van der Waals surface area contributed by atoms with Crippen LogP contribution in [0.5, 0.6) is 5.75 Å². The normalized spacial score (nSPS) is 17.5. The minimum absolute atomic E-state index is 0.00402. The number of aryl methyl sites for hydroxylation is 1. The van der Waals surface area contributed by atoms with Crippen molar-refractivity contribution in [3.63, 3.8) is 0 Å². The SMILES string of the molecule is Cc1ccc(C(=O)N2CCC[C@@](COc3ccc(Cl)cc3)(CC(=O)N(C)Cc3ccccc3)C2)cc1. The summed E-state index contributed by atoms with van der Waals surface area (Å²) in [7, 11) is 1.83. The number of piperidine rings is 1. The van der Waals surface area contributed by atoms with Crippen molar-refractivity contribution >= 4 is 23.4 Å². The monoisotopic (exact) mass is 504 g/mol. The van der Waals surface area contributed by atoms with E-state index >= 15 is 0 Å². The van der Waals surface area contributed by atoms with Gasteiger partial charge in [0.15, 0.2) is 0 Å². The lowest BCUT2D eigenvalue weighted by Gasteiger charge is -2.43. The van der Waals surface area contributed by atoms with Crippen molar-refractivity contribution < 1.29 is 14.3 Å². The van der Waals surface area contributed by atoms with Crippen molar-refractivity contribution in [1.29, 1.82) is 0 Å². The number of likely N-dealkylation sites (tertiary alicyclic amines) is 1. The minimum atomic E-state index is -0.486. The largest absolute Gasteiger partial charge is 0.493 e. The first-order valence-corrected chi connectivity index (χ1v) is 12.7. The summed E-state index contributed by atoms with van der Waals surface area (Å²) in [5.41, 5.74) is 2.38. The minimum Gasteiger partial charge on any atom is -0.493 e. The first-order valence-electron chi connectivity index (χ1n) is 12.4. The number of hydrogen-bond acceptors (Lipinski definition) is 3. The molecule has 1 aliphatic rings. The third kappa shape index (κ3) is 6.67. The summed E-state index contributed by atoms with van der Waals surface area (Å²) in [4.78, 5) is 30.4. The second-order valence-electron chi connectivity index (χ2n) is 9.85. The molecule has 0 saturated carbocycles. The zero-order chi connectivity index (χ0) is 25.5. The van der Waals surface area contributed by atoms with Gasteiger partial charge in [0, 0.05) is 49.1 Å². The lowest BCUT2D eigenvalue weighted by molar-refractivity contribution is -0.134. The molecule has 0 bridgehead atoms. The maximum absolute atomic E-state index is 13.4. The van der Waals surface area contributed by atoms with E-state index in [1.54, 1.807) is 17.0 Å². The van der Waals surface area contributed by atoms with Crippen LogP contribution in [-0.4, -0.2) is 48.4 Å². The van der Waals surface area contributed by atoms with E-state index < -0.39 is 5.41 Å². The average molecular weight is 505 g/mol. The molecule has 0 radical (unpaired) electrons. The Balaban J connectivity index is 1.52. The van der Waals surface area contributed by atoms with Gasteiger partial charge in [0.25, 0.3) is 5.91 Å². The third-order valence-electron chi connectivity index (χ3n) is 6.82. The molecule has 5 nitrogen and oxygen atoms in total. The number of rotatable bonds is 8. The van der Waals surface area contributed by atoms with Gasteiger partial charge in [-0.25, -0.2) is 0 Å². The van der Waals surface area contributed by atoms with Crippen LogP contribution in [0.4, 0.5) is 0 Å². The Kier molecular flexibility index (Phi) is 8.32. The summed E-state index contributed by atoms with van der Waals surface area (Å²) in [5, 5.41) is 0.641. The maximum atomic E-state index is 13.4. The van der Waals surface area contributed by atoms with Crippen molar-refractivity contribution in [3.05, 3.63) is 101 Å². The van der Waals surface area contributed by atoms with Crippen LogP contribution >= 0.6 is 11.6 Å². The van der Waals surface area contributed by atoms with Gasteiger partial charge in [-0.3, -0.25) is 9.59 Å². The molecule has 0 aromatic heterocycles. The number of amides is 2. The van der Waals surface area contributed by atoms with Gasteiger partial charge < -0.3 is 14.5 Å². The molecule has 6 heteroatoms. The van der Waals surface area contributed by atoms with Crippen LogP contribution in [0.3, 0.4) is 0 Å². The molecular formula is C30H33ClN2O3. The summed E-state index contributed by atoms with van der Waals surface area (Å²) in [6, 6.07) is 24.9. The van der Waals surface area contributed by atoms with Crippen LogP contribution in [0.25, 0.3) is 0 Å². The molecule has 1 saturated heterocycles. The Hall–Kier alpha value is -3.31. The molecule has 2 amide bonds. The highest BCUT2D eigenvalue weighted by molar-refractivity contribution is 6.30. The Morgan fingerprint density at radius 2 is 1.69 bits per heavy atom. The van der Waals surface area contributed by atoms with Crippen LogP contribution in [0.1, 0.15) is 40.7 Å². The fourth-order valence-electron chi connectivity index (χ4n) is 4.74. The van der Waals surface area contributed by atoms with Gasteiger partial charge in [-0.1, -0.05) is 59.6 Å². The summed E-state index contributed by atoms with van der Waals surface area (Å²) in [6.07, 6.45) is 1.93. The molecule has 3 aromatic carbocycles. The van der Waals surface area contributed by atoms with Crippen molar-refractivity contribution in [2.75, 3.05) is 26.7 Å². The molecule has 0 unspecified atom stereocenters. The highest BCUT2D eigenvalue weighted by Crippen LogP contribution is 2.36. The Bertz CT molecular complexity index is 1170. The molecular weight excluding hydrogens is 472 g/mol. The molecule has 188 valence electrons. The van der Waals surface area contributed by atoms with Crippen molar-refractivity contribution in [2.24, 2.45) is 5.41 Å². The number of benzene rings is 3. The van der Waals surface area contributed by atoms with Gasteiger partial charge >= 0.3 is 0 Å². The first-order chi connectivity index (χ1) is 17.3. The topological polar surface area (TPSA) is 49.9 Å². The quantitative estimate of drug-likeness (QED) is 0.378. The van der Waals surface area contributed by atoms with Gasteiger partial charge in [0.05, 0.1) is 6.61 Å². The van der Waals surface area contributed by atoms with E-state index in [9.17, 15) is 9.59 Å². The molecule has 1 heterocycles. The van der Waals surface area contributed by atoms with Crippen molar-refractivity contribution in [1.82, 2.24) is 9.80 Å². The van der Waals surface area contributed by atoms with Crippen LogP contribution < -0.4 is 4.74 Å². The second-order valence-corrected chi connectivity index (χ2v) is 10.3. The average Bonchev–Trinajstić information content (AvgIpc) is 2.89. The second kappa shape index (κ2) is 11.6. The highest BCUT2D eigenvalue weighted by atomic mass is 35.5. The molecule has 36 heavy (non-hydrogen) atoms. The van der Waals surface area contributed by atoms with E-state index in [-0.39, 0.29) is 11.8 Å². The molecule has 1 aliphatic heterocycles. The van der Waals surface area contributed by atoms with Crippen LogP contribution in [0.2, 0.25) is 5.02 Å². The molecule has 0 N–H and O–H groups in total. The fourth-order valence-corrected chi connectivity index (χ4v) is 4.87. The molecule has 1 atom stereocenters. The lowest BCUT2D eigenvalue weighted by Crippen LogP contribution is -2.50. The van der Waals surface area contributed by atoms with Crippen LogP contribution in [-0.2, 0) is 11.3 Å². The summed E-state index contributed by atoms with van der Waals surface area (Å²) in [5.74, 6) is 0.740. The number of carbonyl (C=O) groups is 2. The van der Waals surface area contributed by atoms with Gasteiger partial charge in [-0.15, -0.1) is 0 Å². The lowest BCUT2D eigenvalue weighted by atomic mass is 9.77. The van der Waals surface area contributed by atoms with Crippen LogP contribution in [0.15, 0.2) is 78.9 Å². The number of carbonyl (C=O) groups excluding carboxylic acids is 2. The predicted octanol–water partition coefficient (Wildman–Crippen LogP) is 6.00. The third-order valence-corrected chi connectivity index (χ3v) is 7.07. The standard InChI is InChI=1S/C30H33ClN2O3/c1-23-9-11-25(12-10-23)29(35)33-18-6-17-30(21-33,22-36-27-15-13-26(31)14-16-27)19-28(34)32(2)20-24-7-4-3-5-8-24/h3-5,7-16H,6,17-22H2,1-2H3/t30-/m1/s1. The number of nitrogens with zero attached hydrogens (tertiary/aromatic N) is 2. The van der Waals surface area contributed by atoms with Crippen LogP contribution in [0, 0.1) is 12.3 Å².